The van der Waals surface area contributed by atoms with E-state index in [0.29, 0.717) is 6.54 Å². The number of halogens is 1. The Kier molecular flexibility index (Phi) is 9.88. The van der Waals surface area contributed by atoms with E-state index in [-0.39, 0.29) is 29.7 Å². The second-order valence-corrected chi connectivity index (χ2v) is 8.55. The maximum absolute atomic E-state index is 11.7. The van der Waals surface area contributed by atoms with E-state index < -0.39 is 10.0 Å². The number of sulfonamides is 1. The molecule has 0 aliphatic carbocycles. The van der Waals surface area contributed by atoms with E-state index in [9.17, 15) is 8.42 Å². The Balaban J connectivity index is 0.00000338. The van der Waals surface area contributed by atoms with E-state index >= 15 is 0 Å². The minimum atomic E-state index is -3.26. The van der Waals surface area contributed by atoms with Crippen LogP contribution in [0.4, 0.5) is 0 Å². The summed E-state index contributed by atoms with van der Waals surface area (Å²) in [7, 11) is -1.82. The number of likely N-dealkylation sites (tertiary alicyclic amines) is 1. The van der Waals surface area contributed by atoms with Crippen LogP contribution in [0.5, 0.6) is 0 Å². The number of nitrogens with zero attached hydrogens (tertiary/aromatic N) is 2. The molecule has 1 heterocycles. The van der Waals surface area contributed by atoms with Gasteiger partial charge in [0.1, 0.15) is 0 Å². The van der Waals surface area contributed by atoms with Crippen LogP contribution < -0.4 is 10.0 Å². The lowest BCUT2D eigenvalue weighted by Crippen LogP contribution is -2.45. The summed E-state index contributed by atoms with van der Waals surface area (Å²) in [5, 5.41) is 3.37. The number of hydrogen-bond donors (Lipinski definition) is 2. The van der Waals surface area contributed by atoms with Crippen LogP contribution in [-0.4, -0.2) is 46.0 Å². The number of aliphatic imine (C=N–C) groups is 1. The van der Waals surface area contributed by atoms with Gasteiger partial charge in [-0.2, -0.15) is 0 Å². The molecule has 8 heteroatoms. The van der Waals surface area contributed by atoms with Gasteiger partial charge in [-0.3, -0.25) is 0 Å². The first-order valence-electron chi connectivity index (χ1n) is 8.96. The van der Waals surface area contributed by atoms with Gasteiger partial charge < -0.3 is 10.2 Å². The molecule has 0 unspecified atom stereocenters. The Hall–Kier alpha value is -0.870. The molecule has 1 aliphatic heterocycles. The fraction of sp³-hybridized carbons (Fsp3) is 0.611. The molecule has 2 N–H and O–H groups in total. The van der Waals surface area contributed by atoms with Gasteiger partial charge in [0, 0.05) is 19.6 Å². The molecular weight excluding hydrogens is 463 g/mol. The quantitative estimate of drug-likeness (QED) is 0.362. The monoisotopic (exact) mass is 494 g/mol. The van der Waals surface area contributed by atoms with E-state index in [1.54, 1.807) is 0 Å². The van der Waals surface area contributed by atoms with Crippen molar-refractivity contribution in [3.05, 3.63) is 35.4 Å². The van der Waals surface area contributed by atoms with E-state index in [4.69, 9.17) is 4.99 Å². The largest absolute Gasteiger partial charge is 0.357 e. The minimum absolute atomic E-state index is 0. The highest BCUT2D eigenvalue weighted by Crippen LogP contribution is 2.16. The lowest BCUT2D eigenvalue weighted by atomic mass is 10.00. The number of benzene rings is 1. The molecule has 1 aromatic carbocycles. The number of rotatable bonds is 6. The summed E-state index contributed by atoms with van der Waals surface area (Å²) in [6, 6.07) is 7.63. The molecule has 1 aromatic rings. The zero-order valence-electron chi connectivity index (χ0n) is 15.9. The third kappa shape index (κ3) is 7.40. The lowest BCUT2D eigenvalue weighted by molar-refractivity contribution is 0.273. The Labute approximate surface area is 174 Å². The summed E-state index contributed by atoms with van der Waals surface area (Å²) in [5.74, 6) is 1.72. The molecule has 0 aromatic heterocycles. The van der Waals surface area contributed by atoms with Gasteiger partial charge in [-0.15, -0.1) is 24.0 Å². The molecule has 0 saturated carbocycles. The molecule has 1 aliphatic rings. The first-order chi connectivity index (χ1) is 11.9. The van der Waals surface area contributed by atoms with Crippen molar-refractivity contribution in [2.24, 2.45) is 10.9 Å². The average Bonchev–Trinajstić information content (AvgIpc) is 2.59. The van der Waals surface area contributed by atoms with Crippen LogP contribution in [0.3, 0.4) is 0 Å². The highest BCUT2D eigenvalue weighted by atomic mass is 127. The van der Waals surface area contributed by atoms with E-state index in [1.807, 2.05) is 24.3 Å². The Morgan fingerprint density at radius 3 is 2.54 bits per heavy atom. The highest BCUT2D eigenvalue weighted by Gasteiger charge is 2.18. The van der Waals surface area contributed by atoms with Crippen molar-refractivity contribution in [2.75, 3.05) is 26.7 Å². The molecule has 148 valence electrons. The van der Waals surface area contributed by atoms with E-state index in [1.165, 1.54) is 19.9 Å². The van der Waals surface area contributed by atoms with Crippen molar-refractivity contribution in [3.63, 3.8) is 0 Å². The molecule has 0 radical (unpaired) electrons. The summed E-state index contributed by atoms with van der Waals surface area (Å²) >= 11 is 0. The zero-order chi connectivity index (χ0) is 18.3. The van der Waals surface area contributed by atoms with Crippen LogP contribution in [0.1, 0.15) is 37.8 Å². The second kappa shape index (κ2) is 11.1. The molecule has 0 spiro atoms. The van der Waals surface area contributed by atoms with E-state index in [2.05, 4.69) is 28.8 Å². The summed E-state index contributed by atoms with van der Waals surface area (Å²) in [6.07, 6.45) is 2.39. The van der Waals surface area contributed by atoms with Gasteiger partial charge in [-0.1, -0.05) is 31.2 Å². The summed E-state index contributed by atoms with van der Waals surface area (Å²) in [4.78, 5) is 7.07. The van der Waals surface area contributed by atoms with Crippen molar-refractivity contribution in [2.45, 2.75) is 39.0 Å². The minimum Gasteiger partial charge on any atom is -0.357 e. The number of piperidine rings is 1. The van der Waals surface area contributed by atoms with Crippen molar-refractivity contribution >= 4 is 40.0 Å². The smallest absolute Gasteiger partial charge is 0.215 e. The summed E-state index contributed by atoms with van der Waals surface area (Å²) in [6.45, 7) is 7.82. The molecular formula is C18H31IN4O2S. The van der Waals surface area contributed by atoms with E-state index in [0.717, 1.165) is 42.6 Å². The summed E-state index contributed by atoms with van der Waals surface area (Å²) < 4.78 is 25.8. The van der Waals surface area contributed by atoms with Gasteiger partial charge in [0.15, 0.2) is 5.96 Å². The number of nitrogens with one attached hydrogen (secondary N) is 2. The van der Waals surface area contributed by atoms with Gasteiger partial charge >= 0.3 is 0 Å². The van der Waals surface area contributed by atoms with Crippen molar-refractivity contribution in [1.29, 1.82) is 0 Å². The van der Waals surface area contributed by atoms with Crippen LogP contribution in [-0.2, 0) is 22.3 Å². The fourth-order valence-corrected chi connectivity index (χ4v) is 3.68. The van der Waals surface area contributed by atoms with Crippen LogP contribution in [0, 0.1) is 5.92 Å². The fourth-order valence-electron chi connectivity index (χ4n) is 2.92. The SMILES string of the molecule is CCNC(=NCc1cccc(CS(=O)(=O)NC)c1)N1CCC(C)CC1.I. The molecule has 6 nitrogen and oxygen atoms in total. The van der Waals surface area contributed by atoms with Crippen LogP contribution >= 0.6 is 24.0 Å². The molecule has 0 amide bonds. The van der Waals surface area contributed by atoms with Crippen LogP contribution in [0.2, 0.25) is 0 Å². The zero-order valence-corrected chi connectivity index (χ0v) is 19.0. The second-order valence-electron chi connectivity index (χ2n) is 6.62. The summed E-state index contributed by atoms with van der Waals surface area (Å²) in [5.41, 5.74) is 1.79. The molecule has 26 heavy (non-hydrogen) atoms. The number of guanidine groups is 1. The molecule has 0 atom stereocenters. The number of hydrogen-bond acceptors (Lipinski definition) is 3. The van der Waals surface area contributed by atoms with Gasteiger partial charge in [0.05, 0.1) is 12.3 Å². The van der Waals surface area contributed by atoms with Gasteiger partial charge in [-0.05, 0) is 43.9 Å². The van der Waals surface area contributed by atoms with Gasteiger partial charge in [-0.25, -0.2) is 18.1 Å². The molecule has 1 fully saturated rings. The standard InChI is InChI=1S/C18H30N4O2S.HI/c1-4-20-18(22-10-8-15(2)9-11-22)21-13-16-6-5-7-17(12-16)14-25(23,24)19-3;/h5-7,12,15,19H,4,8-11,13-14H2,1-3H3,(H,20,21);1H. The Morgan fingerprint density at radius 1 is 1.27 bits per heavy atom. The Bertz CT molecular complexity index is 686. The topological polar surface area (TPSA) is 73.8 Å². The Morgan fingerprint density at radius 2 is 1.92 bits per heavy atom. The maximum Gasteiger partial charge on any atom is 0.215 e. The van der Waals surface area contributed by atoms with Crippen LogP contribution in [0.25, 0.3) is 0 Å². The van der Waals surface area contributed by atoms with Crippen molar-refractivity contribution in [1.82, 2.24) is 14.9 Å². The maximum atomic E-state index is 11.7. The average molecular weight is 494 g/mol. The van der Waals surface area contributed by atoms with Crippen molar-refractivity contribution < 1.29 is 8.42 Å². The molecule has 1 saturated heterocycles. The lowest BCUT2D eigenvalue weighted by Gasteiger charge is -2.33. The highest BCUT2D eigenvalue weighted by molar-refractivity contribution is 14.0. The predicted molar refractivity (Wildman–Crippen MR) is 118 cm³/mol. The molecule has 0 bridgehead atoms. The third-order valence-corrected chi connectivity index (χ3v) is 5.82. The first-order valence-corrected chi connectivity index (χ1v) is 10.6. The van der Waals surface area contributed by atoms with Gasteiger partial charge in [0.25, 0.3) is 0 Å². The van der Waals surface area contributed by atoms with Crippen molar-refractivity contribution in [3.8, 4) is 0 Å². The predicted octanol–water partition coefficient (Wildman–Crippen LogP) is 2.55. The first kappa shape index (κ1) is 23.2. The third-order valence-electron chi connectivity index (χ3n) is 4.49. The van der Waals surface area contributed by atoms with Gasteiger partial charge in [0.2, 0.25) is 10.0 Å². The van der Waals surface area contributed by atoms with Crippen LogP contribution in [0.15, 0.2) is 29.3 Å². The normalized spacial score (nSPS) is 16.3. The molecule has 2 rings (SSSR count).